The van der Waals surface area contributed by atoms with Gasteiger partial charge in [-0.1, -0.05) is 12.1 Å². The Balaban J connectivity index is 1.65. The van der Waals surface area contributed by atoms with Crippen molar-refractivity contribution in [1.29, 1.82) is 0 Å². The minimum atomic E-state index is -0.587. The van der Waals surface area contributed by atoms with Crippen molar-refractivity contribution in [2.45, 2.75) is 32.0 Å². The monoisotopic (exact) mass is 293 g/mol. The number of hydrogen-bond donors (Lipinski definition) is 1. The molecule has 0 aromatic heterocycles. The summed E-state index contributed by atoms with van der Waals surface area (Å²) >= 11 is 0. The maximum atomic E-state index is 11.5. The van der Waals surface area contributed by atoms with Gasteiger partial charge in [0.25, 0.3) is 0 Å². The van der Waals surface area contributed by atoms with Gasteiger partial charge in [-0.2, -0.15) is 0 Å². The van der Waals surface area contributed by atoms with Crippen LogP contribution in [0.4, 0.5) is 4.79 Å². The molecule has 0 spiro atoms. The third-order valence-electron chi connectivity index (χ3n) is 3.23. The molecule has 114 valence electrons. The maximum absolute atomic E-state index is 11.5. The molecule has 1 aromatic carbocycles. The Morgan fingerprint density at radius 2 is 1.90 bits per heavy atom. The molecule has 0 atom stereocenters. The second kappa shape index (κ2) is 6.47. The average Bonchev–Trinajstić information content (AvgIpc) is 3.20. The van der Waals surface area contributed by atoms with Gasteiger partial charge in [0.05, 0.1) is 7.11 Å². The highest BCUT2D eigenvalue weighted by Crippen LogP contribution is 2.38. The van der Waals surface area contributed by atoms with Gasteiger partial charge in [-0.25, -0.2) is 4.79 Å². The van der Waals surface area contributed by atoms with E-state index in [1.807, 2.05) is 19.1 Å². The number of amides is 1. The van der Waals surface area contributed by atoms with Crippen LogP contribution in [0.25, 0.3) is 0 Å². The van der Waals surface area contributed by atoms with Gasteiger partial charge in [0.2, 0.25) is 0 Å². The first-order valence-electron chi connectivity index (χ1n) is 6.76. The summed E-state index contributed by atoms with van der Waals surface area (Å²) < 4.78 is 15.2. The molecule has 6 heteroatoms. The molecule has 1 amide bonds. The number of ether oxygens (including phenoxy) is 3. The summed E-state index contributed by atoms with van der Waals surface area (Å²) in [5.41, 5.74) is 0.495. The van der Waals surface area contributed by atoms with Gasteiger partial charge in [-0.15, -0.1) is 0 Å². The Morgan fingerprint density at radius 1 is 1.24 bits per heavy atom. The number of carbonyl (C=O) groups excluding carboxylic acids is 2. The molecular weight excluding hydrogens is 274 g/mol. The number of benzene rings is 1. The summed E-state index contributed by atoms with van der Waals surface area (Å²) in [5, 5.41) is 2.38. The van der Waals surface area contributed by atoms with Gasteiger partial charge in [0.15, 0.2) is 0 Å². The topological polar surface area (TPSA) is 73.9 Å². The van der Waals surface area contributed by atoms with Gasteiger partial charge >= 0.3 is 12.1 Å². The summed E-state index contributed by atoms with van der Waals surface area (Å²) in [6.07, 6.45) is 1.14. The zero-order valence-corrected chi connectivity index (χ0v) is 12.2. The lowest BCUT2D eigenvalue weighted by atomic mass is 10.2. The lowest BCUT2D eigenvalue weighted by Crippen LogP contribution is -2.33. The molecule has 0 heterocycles. The van der Waals surface area contributed by atoms with Crippen LogP contribution in [0.15, 0.2) is 24.3 Å². The van der Waals surface area contributed by atoms with Crippen molar-refractivity contribution < 1.29 is 23.8 Å². The molecule has 0 bridgehead atoms. The van der Waals surface area contributed by atoms with Gasteiger partial charge in [0.1, 0.15) is 24.5 Å². The van der Waals surface area contributed by atoms with E-state index < -0.39 is 12.1 Å². The first-order chi connectivity index (χ1) is 10.0. The zero-order chi connectivity index (χ0) is 15.3. The quantitative estimate of drug-likeness (QED) is 0.812. The van der Waals surface area contributed by atoms with Crippen LogP contribution in [0.5, 0.6) is 5.75 Å². The van der Waals surface area contributed by atoms with E-state index in [1.165, 1.54) is 0 Å². The molecule has 1 aromatic rings. The van der Waals surface area contributed by atoms with E-state index in [2.05, 4.69) is 5.32 Å². The number of nitrogens with one attached hydrogen (secondary N) is 1. The van der Waals surface area contributed by atoms with Crippen LogP contribution < -0.4 is 10.1 Å². The van der Waals surface area contributed by atoms with Gasteiger partial charge < -0.3 is 19.5 Å². The Bertz CT molecular complexity index is 507. The number of esters is 1. The lowest BCUT2D eigenvalue weighted by molar-refractivity contribution is -0.143. The van der Waals surface area contributed by atoms with E-state index in [0.717, 1.165) is 24.2 Å². The predicted molar refractivity (Wildman–Crippen MR) is 74.9 cm³/mol. The Hall–Kier alpha value is -2.24. The highest BCUT2D eigenvalue weighted by atomic mass is 16.6. The minimum Gasteiger partial charge on any atom is -0.497 e. The molecule has 0 unspecified atom stereocenters. The van der Waals surface area contributed by atoms with Crippen molar-refractivity contribution in [3.63, 3.8) is 0 Å². The molecule has 0 saturated heterocycles. The summed E-state index contributed by atoms with van der Waals surface area (Å²) in [7, 11) is 1.59. The van der Waals surface area contributed by atoms with Crippen LogP contribution in [0.1, 0.15) is 25.3 Å². The molecule has 6 nitrogen and oxygen atoms in total. The van der Waals surface area contributed by atoms with Crippen LogP contribution >= 0.6 is 0 Å². The number of methoxy groups -OCH3 is 1. The fraction of sp³-hybridized carbons (Fsp3) is 0.467. The SMILES string of the molecule is COc1ccc(COC(=O)CNC(=O)OC2(C)CC2)cc1. The van der Waals surface area contributed by atoms with E-state index >= 15 is 0 Å². The predicted octanol–water partition coefficient (Wildman–Crippen LogP) is 2.02. The summed E-state index contributed by atoms with van der Waals surface area (Å²) in [6.45, 7) is 1.80. The van der Waals surface area contributed by atoms with Crippen molar-refractivity contribution in [2.75, 3.05) is 13.7 Å². The molecule has 1 saturated carbocycles. The molecule has 1 aliphatic rings. The van der Waals surface area contributed by atoms with Crippen LogP contribution in [0.2, 0.25) is 0 Å². The second-order valence-corrected chi connectivity index (χ2v) is 5.20. The van der Waals surface area contributed by atoms with Crippen molar-refractivity contribution in [3.8, 4) is 5.75 Å². The minimum absolute atomic E-state index is 0.150. The highest BCUT2D eigenvalue weighted by Gasteiger charge is 2.41. The first-order valence-corrected chi connectivity index (χ1v) is 6.76. The van der Waals surface area contributed by atoms with Gasteiger partial charge in [-0.05, 0) is 37.5 Å². The molecule has 1 aliphatic carbocycles. The smallest absolute Gasteiger partial charge is 0.408 e. The molecule has 1 N–H and O–H groups in total. The lowest BCUT2D eigenvalue weighted by Gasteiger charge is -2.11. The summed E-state index contributed by atoms with van der Waals surface area (Å²) in [4.78, 5) is 22.9. The normalized spacial score (nSPS) is 15.0. The Kier molecular flexibility index (Phi) is 4.67. The van der Waals surface area contributed by atoms with Crippen molar-refractivity contribution in [3.05, 3.63) is 29.8 Å². The standard InChI is InChI=1S/C15H19NO5/c1-15(7-8-15)21-14(18)16-9-13(17)20-10-11-3-5-12(19-2)6-4-11/h3-6H,7-10H2,1-2H3,(H,16,18). The van der Waals surface area contributed by atoms with Gasteiger partial charge in [-0.3, -0.25) is 4.79 Å². The van der Waals surface area contributed by atoms with E-state index in [4.69, 9.17) is 14.2 Å². The molecular formula is C15H19NO5. The summed E-state index contributed by atoms with van der Waals surface area (Å²) in [6, 6.07) is 7.19. The van der Waals surface area contributed by atoms with Crippen LogP contribution in [-0.4, -0.2) is 31.3 Å². The fourth-order valence-corrected chi connectivity index (χ4v) is 1.62. The number of alkyl carbamates (subject to hydrolysis) is 1. The highest BCUT2D eigenvalue weighted by molar-refractivity contribution is 5.78. The Labute approximate surface area is 123 Å². The third kappa shape index (κ3) is 4.98. The van der Waals surface area contributed by atoms with E-state index in [1.54, 1.807) is 19.2 Å². The molecule has 21 heavy (non-hydrogen) atoms. The number of carbonyl (C=O) groups is 2. The van der Waals surface area contributed by atoms with Crippen molar-refractivity contribution >= 4 is 12.1 Å². The van der Waals surface area contributed by atoms with Crippen LogP contribution in [0.3, 0.4) is 0 Å². The van der Waals surface area contributed by atoms with E-state index in [0.29, 0.717) is 0 Å². The maximum Gasteiger partial charge on any atom is 0.408 e. The van der Waals surface area contributed by atoms with Crippen molar-refractivity contribution in [1.82, 2.24) is 5.32 Å². The Morgan fingerprint density at radius 3 is 2.48 bits per heavy atom. The van der Waals surface area contributed by atoms with Gasteiger partial charge in [0, 0.05) is 0 Å². The molecule has 2 rings (SSSR count). The number of rotatable bonds is 6. The first kappa shape index (κ1) is 15.2. The van der Waals surface area contributed by atoms with Crippen molar-refractivity contribution in [2.24, 2.45) is 0 Å². The third-order valence-corrected chi connectivity index (χ3v) is 3.23. The summed E-state index contributed by atoms with van der Waals surface area (Å²) in [5.74, 6) is 0.228. The molecule has 0 radical (unpaired) electrons. The van der Waals surface area contributed by atoms with Crippen LogP contribution in [0, 0.1) is 0 Å². The fourth-order valence-electron chi connectivity index (χ4n) is 1.62. The average molecular weight is 293 g/mol. The number of hydrogen-bond acceptors (Lipinski definition) is 5. The largest absolute Gasteiger partial charge is 0.497 e. The van der Waals surface area contributed by atoms with E-state index in [9.17, 15) is 9.59 Å². The molecule has 0 aliphatic heterocycles. The second-order valence-electron chi connectivity index (χ2n) is 5.20. The van der Waals surface area contributed by atoms with Crippen LogP contribution in [-0.2, 0) is 20.9 Å². The zero-order valence-electron chi connectivity index (χ0n) is 12.2. The van der Waals surface area contributed by atoms with E-state index in [-0.39, 0.29) is 18.8 Å². The molecule has 1 fully saturated rings.